The molecule has 178 valence electrons. The van der Waals surface area contributed by atoms with Crippen LogP contribution in [0.1, 0.15) is 40.8 Å². The van der Waals surface area contributed by atoms with E-state index in [1.165, 1.54) is 4.90 Å². The van der Waals surface area contributed by atoms with Gasteiger partial charge < -0.3 is 19.5 Å². The number of ether oxygens (including phenoxy) is 2. The molecule has 0 aromatic heterocycles. The second-order valence-corrected chi connectivity index (χ2v) is 9.14. The number of carbonyl (C=O) groups is 2. The Bertz CT molecular complexity index is 1340. The molecule has 2 unspecified atom stereocenters. The van der Waals surface area contributed by atoms with Crippen LogP contribution in [-0.2, 0) is 22.6 Å². The number of likely N-dealkylation sites (tertiary alicyclic amines) is 1. The second-order valence-electron chi connectivity index (χ2n) is 9.14. The average Bonchev–Trinajstić information content (AvgIpc) is 3.35. The number of hydrogen-bond donors (Lipinski definition) is 1. The summed E-state index contributed by atoms with van der Waals surface area (Å²) in [7, 11) is 1.59. The van der Waals surface area contributed by atoms with Gasteiger partial charge in [0, 0.05) is 18.5 Å². The Balaban J connectivity index is 1.60. The number of nitrogens with zero attached hydrogens (tertiary/aromatic N) is 1. The Labute approximate surface area is 204 Å². The summed E-state index contributed by atoms with van der Waals surface area (Å²) in [5.41, 5.74) is 4.20. The number of fused-ring (bicyclic) bond motifs is 1. The molecule has 0 saturated carbocycles. The zero-order chi connectivity index (χ0) is 24.7. The van der Waals surface area contributed by atoms with E-state index >= 15 is 0 Å². The average molecular weight is 470 g/mol. The van der Waals surface area contributed by atoms with E-state index in [4.69, 9.17) is 9.47 Å². The highest BCUT2D eigenvalue weighted by Crippen LogP contribution is 2.41. The second kappa shape index (κ2) is 8.95. The largest absolute Gasteiger partial charge is 0.507 e. The molecular weight excluding hydrogens is 442 g/mol. The standard InChI is InChI=1S/C29H27NO5/c1-17-5-4-6-20(13-17)26-25(27(31)21-9-12-24-22(15-21)14-18(2)35-24)28(32)29(33)30(26)16-19-7-10-23(34-3)11-8-19/h4-13,15,18,26,31H,14,16H2,1-3H3/b27-25-. The minimum Gasteiger partial charge on any atom is -0.507 e. The van der Waals surface area contributed by atoms with Crippen LogP contribution in [-0.4, -0.2) is 34.9 Å². The van der Waals surface area contributed by atoms with Crippen LogP contribution in [0.25, 0.3) is 5.76 Å². The van der Waals surface area contributed by atoms with E-state index in [1.807, 2.05) is 74.5 Å². The van der Waals surface area contributed by atoms with Gasteiger partial charge in [0.25, 0.3) is 11.7 Å². The van der Waals surface area contributed by atoms with Crippen LogP contribution in [0.2, 0.25) is 0 Å². The van der Waals surface area contributed by atoms with Crippen molar-refractivity contribution >= 4 is 17.4 Å². The normalized spacial score (nSPS) is 20.6. The fourth-order valence-corrected chi connectivity index (χ4v) is 4.88. The predicted molar refractivity (Wildman–Crippen MR) is 132 cm³/mol. The molecule has 0 radical (unpaired) electrons. The maximum atomic E-state index is 13.3. The van der Waals surface area contributed by atoms with Gasteiger partial charge in [0.2, 0.25) is 0 Å². The topological polar surface area (TPSA) is 76.1 Å². The summed E-state index contributed by atoms with van der Waals surface area (Å²) in [6, 6.07) is 19.7. The maximum absolute atomic E-state index is 13.3. The SMILES string of the molecule is COc1ccc(CN2C(=O)C(=O)/C(=C(\O)c3ccc4c(c3)CC(C)O4)C2c2cccc(C)c2)cc1. The van der Waals surface area contributed by atoms with Crippen molar-refractivity contribution in [3.63, 3.8) is 0 Å². The molecule has 1 N–H and O–H groups in total. The lowest BCUT2D eigenvalue weighted by Crippen LogP contribution is -2.29. The van der Waals surface area contributed by atoms with Gasteiger partial charge in [0.1, 0.15) is 23.4 Å². The molecule has 6 heteroatoms. The van der Waals surface area contributed by atoms with Crippen molar-refractivity contribution < 1.29 is 24.2 Å². The lowest BCUT2D eigenvalue weighted by atomic mass is 9.93. The molecule has 2 aliphatic heterocycles. The van der Waals surface area contributed by atoms with E-state index in [9.17, 15) is 14.7 Å². The zero-order valence-corrected chi connectivity index (χ0v) is 19.9. The number of methoxy groups -OCH3 is 1. The number of benzene rings is 3. The Morgan fingerprint density at radius 3 is 2.57 bits per heavy atom. The molecular formula is C29H27NO5. The van der Waals surface area contributed by atoms with Crippen molar-refractivity contribution in [1.29, 1.82) is 0 Å². The highest BCUT2D eigenvalue weighted by atomic mass is 16.5. The summed E-state index contributed by atoms with van der Waals surface area (Å²) in [6.45, 7) is 4.17. The number of Topliss-reactive ketones (excluding diaryl/α,β-unsaturated/α-hetero) is 1. The summed E-state index contributed by atoms with van der Waals surface area (Å²) < 4.78 is 11.0. The Morgan fingerprint density at radius 1 is 1.09 bits per heavy atom. The molecule has 3 aromatic rings. The molecule has 0 spiro atoms. The van der Waals surface area contributed by atoms with E-state index < -0.39 is 17.7 Å². The lowest BCUT2D eigenvalue weighted by molar-refractivity contribution is -0.140. The van der Waals surface area contributed by atoms with E-state index in [-0.39, 0.29) is 24.0 Å². The molecule has 1 saturated heterocycles. The molecule has 6 nitrogen and oxygen atoms in total. The third-order valence-corrected chi connectivity index (χ3v) is 6.58. The van der Waals surface area contributed by atoms with Gasteiger partial charge in [0.15, 0.2) is 0 Å². The number of carbonyl (C=O) groups excluding carboxylic acids is 2. The van der Waals surface area contributed by atoms with Crippen molar-refractivity contribution in [2.45, 2.75) is 39.0 Å². The van der Waals surface area contributed by atoms with Crippen LogP contribution in [0.5, 0.6) is 11.5 Å². The smallest absolute Gasteiger partial charge is 0.295 e. The number of aliphatic hydroxyl groups is 1. The fourth-order valence-electron chi connectivity index (χ4n) is 4.88. The van der Waals surface area contributed by atoms with Gasteiger partial charge in [0.05, 0.1) is 18.7 Å². The number of hydrogen-bond acceptors (Lipinski definition) is 5. The third-order valence-electron chi connectivity index (χ3n) is 6.58. The Kier molecular flexibility index (Phi) is 5.81. The van der Waals surface area contributed by atoms with E-state index in [1.54, 1.807) is 13.2 Å². The number of aryl methyl sites for hydroxylation is 1. The minimum atomic E-state index is -0.708. The van der Waals surface area contributed by atoms with Crippen LogP contribution < -0.4 is 9.47 Å². The number of ketones is 1. The maximum Gasteiger partial charge on any atom is 0.295 e. The molecule has 2 atom stereocenters. The van der Waals surface area contributed by atoms with Gasteiger partial charge in [-0.15, -0.1) is 0 Å². The predicted octanol–water partition coefficient (Wildman–Crippen LogP) is 4.95. The number of aliphatic hydroxyl groups excluding tert-OH is 1. The highest BCUT2D eigenvalue weighted by Gasteiger charge is 2.46. The first kappa shape index (κ1) is 22.7. The van der Waals surface area contributed by atoms with E-state index in [2.05, 4.69) is 0 Å². The molecule has 2 aliphatic rings. The van der Waals surface area contributed by atoms with Crippen molar-refractivity contribution in [1.82, 2.24) is 4.90 Å². The van der Waals surface area contributed by atoms with Crippen LogP contribution in [0.15, 0.2) is 72.3 Å². The van der Waals surface area contributed by atoms with Crippen molar-refractivity contribution in [2.24, 2.45) is 0 Å². The van der Waals surface area contributed by atoms with Crippen LogP contribution in [0.3, 0.4) is 0 Å². The van der Waals surface area contributed by atoms with Crippen molar-refractivity contribution in [2.75, 3.05) is 7.11 Å². The van der Waals surface area contributed by atoms with Gasteiger partial charge in [-0.05, 0) is 60.9 Å². The zero-order valence-electron chi connectivity index (χ0n) is 19.9. The van der Waals surface area contributed by atoms with Crippen molar-refractivity contribution in [3.8, 4) is 11.5 Å². The van der Waals surface area contributed by atoms with Gasteiger partial charge in [-0.3, -0.25) is 9.59 Å². The quantitative estimate of drug-likeness (QED) is 0.325. The van der Waals surface area contributed by atoms with Crippen LogP contribution in [0.4, 0.5) is 0 Å². The van der Waals surface area contributed by atoms with Gasteiger partial charge in [-0.25, -0.2) is 0 Å². The molecule has 0 aliphatic carbocycles. The Hall–Kier alpha value is -4.06. The molecule has 1 fully saturated rings. The molecule has 5 rings (SSSR count). The Morgan fingerprint density at radius 2 is 1.86 bits per heavy atom. The fraction of sp³-hybridized carbons (Fsp3) is 0.241. The molecule has 1 amide bonds. The summed E-state index contributed by atoms with van der Waals surface area (Å²) >= 11 is 0. The lowest BCUT2D eigenvalue weighted by Gasteiger charge is -2.26. The summed E-state index contributed by atoms with van der Waals surface area (Å²) in [5, 5.41) is 11.4. The summed E-state index contributed by atoms with van der Waals surface area (Å²) in [6.07, 6.45) is 0.786. The molecule has 35 heavy (non-hydrogen) atoms. The monoisotopic (exact) mass is 469 g/mol. The minimum absolute atomic E-state index is 0.0600. The number of amides is 1. The first-order valence-electron chi connectivity index (χ1n) is 11.6. The summed E-state index contributed by atoms with van der Waals surface area (Å²) in [5.74, 6) is -0.000693. The summed E-state index contributed by atoms with van der Waals surface area (Å²) in [4.78, 5) is 28.1. The van der Waals surface area contributed by atoms with Crippen LogP contribution >= 0.6 is 0 Å². The molecule has 2 heterocycles. The van der Waals surface area contributed by atoms with Crippen LogP contribution in [0, 0.1) is 6.92 Å². The molecule has 3 aromatic carbocycles. The first-order valence-corrected chi connectivity index (χ1v) is 11.6. The van der Waals surface area contributed by atoms with Crippen molar-refractivity contribution in [3.05, 3.63) is 100 Å². The highest BCUT2D eigenvalue weighted by molar-refractivity contribution is 6.46. The van der Waals surface area contributed by atoms with E-state index in [0.29, 0.717) is 11.3 Å². The molecule has 0 bridgehead atoms. The third kappa shape index (κ3) is 4.16. The first-order chi connectivity index (χ1) is 16.9. The van der Waals surface area contributed by atoms with Gasteiger partial charge >= 0.3 is 0 Å². The number of rotatable bonds is 5. The van der Waals surface area contributed by atoms with E-state index in [0.717, 1.165) is 34.4 Å². The van der Waals surface area contributed by atoms with Gasteiger partial charge in [-0.2, -0.15) is 0 Å². The van der Waals surface area contributed by atoms with Gasteiger partial charge in [-0.1, -0.05) is 42.0 Å².